The lowest BCUT2D eigenvalue weighted by atomic mass is 10.1. The predicted octanol–water partition coefficient (Wildman–Crippen LogP) is 2.17. The second-order valence-corrected chi connectivity index (χ2v) is 4.87. The van der Waals surface area contributed by atoms with Crippen LogP contribution >= 0.6 is 0 Å². The molecule has 1 aromatic carbocycles. The van der Waals surface area contributed by atoms with Crippen LogP contribution in [0.4, 0.5) is 4.39 Å². The van der Waals surface area contributed by atoms with E-state index in [1.807, 2.05) is 6.07 Å². The maximum absolute atomic E-state index is 13.6. The quantitative estimate of drug-likeness (QED) is 0.802. The minimum atomic E-state index is -0.591. The maximum atomic E-state index is 13.6. The molecule has 3 aromatic rings. The molecule has 0 aliphatic heterocycles. The molecule has 2 N–H and O–H groups in total. The summed E-state index contributed by atoms with van der Waals surface area (Å²) in [6.07, 6.45) is 2.15. The number of amides is 1. The first kappa shape index (κ1) is 14.1. The van der Waals surface area contributed by atoms with Gasteiger partial charge in [-0.05, 0) is 29.8 Å². The molecule has 2 aromatic heterocycles. The molecule has 1 amide bonds. The molecule has 3 rings (SSSR count). The van der Waals surface area contributed by atoms with Gasteiger partial charge in [-0.25, -0.2) is 9.37 Å². The summed E-state index contributed by atoms with van der Waals surface area (Å²) in [6.45, 7) is 0. The number of ether oxygens (including phenoxy) is 1. The van der Waals surface area contributed by atoms with E-state index in [0.717, 1.165) is 0 Å². The Morgan fingerprint density at radius 3 is 2.91 bits per heavy atom. The number of imidazole rings is 1. The van der Waals surface area contributed by atoms with Crippen LogP contribution in [0.3, 0.4) is 0 Å². The molecular weight excluding hydrogens is 285 g/mol. The molecule has 0 saturated heterocycles. The molecule has 5 nitrogen and oxygen atoms in total. The zero-order valence-electron chi connectivity index (χ0n) is 11.9. The molecule has 2 heterocycles. The zero-order valence-corrected chi connectivity index (χ0v) is 11.9. The van der Waals surface area contributed by atoms with Crippen molar-refractivity contribution in [2.45, 2.75) is 6.42 Å². The van der Waals surface area contributed by atoms with E-state index in [1.165, 1.54) is 19.2 Å². The number of hydrogen-bond acceptors (Lipinski definition) is 3. The summed E-state index contributed by atoms with van der Waals surface area (Å²) in [5.74, 6) is 0.0696. The van der Waals surface area contributed by atoms with Crippen molar-refractivity contribution >= 4 is 11.4 Å². The Morgan fingerprint density at radius 2 is 2.18 bits per heavy atom. The Hall–Kier alpha value is -2.89. The second kappa shape index (κ2) is 5.48. The van der Waals surface area contributed by atoms with Crippen molar-refractivity contribution in [3.8, 4) is 5.75 Å². The Balaban J connectivity index is 2.08. The van der Waals surface area contributed by atoms with Gasteiger partial charge in [-0.3, -0.25) is 4.79 Å². The molecule has 0 fully saturated rings. The average Bonchev–Trinajstić information content (AvgIpc) is 2.86. The third kappa shape index (κ3) is 2.50. The van der Waals surface area contributed by atoms with Crippen LogP contribution in [0.5, 0.6) is 5.75 Å². The number of fused-ring (bicyclic) bond motifs is 1. The molecule has 0 unspecified atom stereocenters. The third-order valence-corrected chi connectivity index (χ3v) is 3.38. The van der Waals surface area contributed by atoms with Crippen LogP contribution in [-0.4, -0.2) is 22.4 Å². The van der Waals surface area contributed by atoms with E-state index in [9.17, 15) is 9.18 Å². The zero-order chi connectivity index (χ0) is 15.7. The number of carbonyl (C=O) groups is 1. The monoisotopic (exact) mass is 299 g/mol. The van der Waals surface area contributed by atoms with Gasteiger partial charge in [-0.1, -0.05) is 6.07 Å². The topological polar surface area (TPSA) is 69.6 Å². The van der Waals surface area contributed by atoms with E-state index in [1.54, 1.807) is 28.8 Å². The molecule has 6 heteroatoms. The lowest BCUT2D eigenvalue weighted by molar-refractivity contribution is 0.0997. The molecule has 0 atom stereocenters. The highest BCUT2D eigenvalue weighted by Gasteiger charge is 2.15. The Labute approximate surface area is 126 Å². The number of halogens is 1. The highest BCUT2D eigenvalue weighted by Crippen LogP contribution is 2.20. The van der Waals surface area contributed by atoms with Crippen molar-refractivity contribution in [2.24, 2.45) is 5.73 Å². The van der Waals surface area contributed by atoms with E-state index < -0.39 is 5.91 Å². The van der Waals surface area contributed by atoms with Crippen molar-refractivity contribution < 1.29 is 13.9 Å². The van der Waals surface area contributed by atoms with Gasteiger partial charge in [0.2, 0.25) is 0 Å². The van der Waals surface area contributed by atoms with Gasteiger partial charge < -0.3 is 14.9 Å². The highest BCUT2D eigenvalue weighted by atomic mass is 19.1. The molecule has 0 aliphatic carbocycles. The predicted molar refractivity (Wildman–Crippen MR) is 79.5 cm³/mol. The largest absolute Gasteiger partial charge is 0.497 e. The fraction of sp³-hybridized carbons (Fsp3) is 0.125. The lowest BCUT2D eigenvalue weighted by Gasteiger charge is -2.05. The van der Waals surface area contributed by atoms with Crippen LogP contribution in [0.15, 0.2) is 42.6 Å². The fourth-order valence-electron chi connectivity index (χ4n) is 2.43. The van der Waals surface area contributed by atoms with Gasteiger partial charge >= 0.3 is 0 Å². The fourth-order valence-corrected chi connectivity index (χ4v) is 2.43. The van der Waals surface area contributed by atoms with E-state index in [4.69, 9.17) is 10.5 Å². The van der Waals surface area contributed by atoms with Crippen molar-refractivity contribution in [1.29, 1.82) is 0 Å². The summed E-state index contributed by atoms with van der Waals surface area (Å²) in [5, 5.41) is 0. The van der Waals surface area contributed by atoms with Crippen LogP contribution in [0.25, 0.3) is 5.52 Å². The number of nitrogens with two attached hydrogens (primary N) is 1. The van der Waals surface area contributed by atoms with Crippen LogP contribution in [0.2, 0.25) is 0 Å². The SMILES string of the molecule is COc1cc(F)cc(Cc2nc(C(N)=O)c3ccccn23)c1. The smallest absolute Gasteiger partial charge is 0.269 e. The Kier molecular flexibility index (Phi) is 3.50. The Bertz CT molecular complexity index is 858. The number of carbonyl (C=O) groups excluding carboxylic acids is 1. The van der Waals surface area contributed by atoms with Crippen molar-refractivity contribution in [2.75, 3.05) is 7.11 Å². The summed E-state index contributed by atoms with van der Waals surface area (Å²) in [6, 6.07) is 9.85. The van der Waals surface area contributed by atoms with Crippen LogP contribution in [0.1, 0.15) is 21.9 Å². The first-order chi connectivity index (χ1) is 10.6. The number of aromatic nitrogens is 2. The number of nitrogens with zero attached hydrogens (tertiary/aromatic N) is 2. The van der Waals surface area contributed by atoms with Crippen LogP contribution in [-0.2, 0) is 6.42 Å². The van der Waals surface area contributed by atoms with E-state index >= 15 is 0 Å². The maximum Gasteiger partial charge on any atom is 0.269 e. The number of primary amides is 1. The molecule has 0 spiro atoms. The molecule has 112 valence electrons. The summed E-state index contributed by atoms with van der Waals surface area (Å²) in [7, 11) is 1.48. The first-order valence-corrected chi connectivity index (χ1v) is 6.67. The third-order valence-electron chi connectivity index (χ3n) is 3.38. The Morgan fingerprint density at radius 1 is 1.36 bits per heavy atom. The summed E-state index contributed by atoms with van der Waals surface area (Å²) < 4.78 is 20.4. The standard InChI is InChI=1S/C16H14FN3O2/c1-22-12-7-10(6-11(17)9-12)8-14-19-15(16(18)21)13-4-2-3-5-20(13)14/h2-7,9H,8H2,1H3,(H2,18,21). The first-order valence-electron chi connectivity index (χ1n) is 6.67. The summed E-state index contributed by atoms with van der Waals surface area (Å²) >= 11 is 0. The van der Waals surface area contributed by atoms with Gasteiger partial charge in [0.15, 0.2) is 5.69 Å². The van der Waals surface area contributed by atoms with E-state index in [0.29, 0.717) is 29.1 Å². The molecule has 0 bridgehead atoms. The minimum absolute atomic E-state index is 0.207. The van der Waals surface area contributed by atoms with Crippen LogP contribution in [0, 0.1) is 5.82 Å². The molecular formula is C16H14FN3O2. The van der Waals surface area contributed by atoms with Gasteiger partial charge in [-0.2, -0.15) is 0 Å². The van der Waals surface area contributed by atoms with Gasteiger partial charge in [0.25, 0.3) is 5.91 Å². The van der Waals surface area contributed by atoms with Gasteiger partial charge in [0.05, 0.1) is 12.6 Å². The van der Waals surface area contributed by atoms with Crippen molar-refractivity contribution in [1.82, 2.24) is 9.38 Å². The van der Waals surface area contributed by atoms with Gasteiger partial charge in [0, 0.05) is 18.7 Å². The average molecular weight is 299 g/mol. The second-order valence-electron chi connectivity index (χ2n) is 4.87. The van der Waals surface area contributed by atoms with Crippen molar-refractivity contribution in [3.05, 3.63) is 65.5 Å². The highest BCUT2D eigenvalue weighted by molar-refractivity contribution is 5.97. The lowest BCUT2D eigenvalue weighted by Crippen LogP contribution is -2.11. The summed E-state index contributed by atoms with van der Waals surface area (Å²) in [5.41, 5.74) is 6.90. The number of benzene rings is 1. The number of rotatable bonds is 4. The molecule has 22 heavy (non-hydrogen) atoms. The summed E-state index contributed by atoms with van der Waals surface area (Å²) in [4.78, 5) is 15.8. The van der Waals surface area contributed by atoms with E-state index in [2.05, 4.69) is 4.98 Å². The minimum Gasteiger partial charge on any atom is -0.497 e. The van der Waals surface area contributed by atoms with E-state index in [-0.39, 0.29) is 11.5 Å². The van der Waals surface area contributed by atoms with Crippen molar-refractivity contribution in [3.63, 3.8) is 0 Å². The number of pyridine rings is 1. The van der Waals surface area contributed by atoms with Gasteiger partial charge in [-0.15, -0.1) is 0 Å². The normalized spacial score (nSPS) is 10.8. The molecule has 0 saturated carbocycles. The molecule has 0 radical (unpaired) electrons. The van der Waals surface area contributed by atoms with Gasteiger partial charge in [0.1, 0.15) is 17.4 Å². The van der Waals surface area contributed by atoms with Crippen LogP contribution < -0.4 is 10.5 Å². The number of hydrogen-bond donors (Lipinski definition) is 1. The number of methoxy groups -OCH3 is 1. The molecule has 0 aliphatic rings.